The number of hydrazone groups is 1. The molecule has 0 radical (unpaired) electrons. The van der Waals surface area contributed by atoms with E-state index in [0.29, 0.717) is 19.6 Å². The molecule has 0 spiro atoms. The smallest absolute Gasteiger partial charge is 0.355 e. The maximum atomic E-state index is 11.6. The Morgan fingerprint density at radius 1 is 1.33 bits per heavy atom. The molecule has 18 heavy (non-hydrogen) atoms. The van der Waals surface area contributed by atoms with Crippen LogP contribution in [0.4, 0.5) is 0 Å². The first kappa shape index (κ1) is 14.2. The van der Waals surface area contributed by atoms with Crippen LogP contribution in [-0.2, 0) is 19.1 Å². The van der Waals surface area contributed by atoms with Crippen molar-refractivity contribution >= 4 is 17.7 Å². The number of nitrogens with one attached hydrogen (secondary N) is 1. The second-order valence-electron chi connectivity index (χ2n) is 3.87. The molecule has 0 aliphatic carbocycles. The first-order chi connectivity index (χ1) is 8.58. The molecule has 1 aliphatic rings. The van der Waals surface area contributed by atoms with Crippen molar-refractivity contribution < 1.29 is 19.1 Å². The quantitative estimate of drug-likeness (QED) is 0.757. The van der Waals surface area contributed by atoms with Crippen LogP contribution >= 0.6 is 0 Å². The van der Waals surface area contributed by atoms with Gasteiger partial charge in [-0.05, 0) is 25.8 Å². The molecular formula is C12H18N2O4. The Hall–Kier alpha value is -1.85. The number of ether oxygens (including phenoxy) is 2. The van der Waals surface area contributed by atoms with E-state index in [1.165, 1.54) is 0 Å². The Morgan fingerprint density at radius 3 is 2.56 bits per heavy atom. The lowest BCUT2D eigenvalue weighted by atomic mass is 10.0. The number of allylic oxidation sites excluding steroid dienone is 1. The van der Waals surface area contributed by atoms with Gasteiger partial charge in [0.1, 0.15) is 11.4 Å². The van der Waals surface area contributed by atoms with Crippen LogP contribution in [0, 0.1) is 5.92 Å². The number of carbonyl (C=O) groups excluding carboxylic acids is 2. The minimum atomic E-state index is -0.474. The summed E-state index contributed by atoms with van der Waals surface area (Å²) in [5, 5.41) is 3.90. The number of carbonyl (C=O) groups is 2. The normalized spacial score (nSPS) is 18.9. The summed E-state index contributed by atoms with van der Waals surface area (Å²) in [5.41, 5.74) is 3.09. The van der Waals surface area contributed by atoms with Crippen LogP contribution in [0.2, 0.25) is 0 Å². The molecule has 0 amide bonds. The fourth-order valence-corrected chi connectivity index (χ4v) is 1.52. The van der Waals surface area contributed by atoms with Crippen LogP contribution in [0.3, 0.4) is 0 Å². The second-order valence-corrected chi connectivity index (χ2v) is 3.87. The highest BCUT2D eigenvalue weighted by Gasteiger charge is 2.21. The molecule has 1 unspecified atom stereocenters. The van der Waals surface area contributed by atoms with Gasteiger partial charge in [-0.25, -0.2) is 9.59 Å². The Labute approximate surface area is 106 Å². The topological polar surface area (TPSA) is 77.0 Å². The molecule has 1 aliphatic heterocycles. The molecule has 1 N–H and O–H groups in total. The largest absolute Gasteiger partial charge is 0.461 e. The van der Waals surface area contributed by atoms with Crippen LogP contribution < -0.4 is 5.43 Å². The number of hydrogen-bond donors (Lipinski definition) is 1. The third-order valence-electron chi connectivity index (χ3n) is 2.28. The molecule has 0 saturated heterocycles. The van der Waals surface area contributed by atoms with E-state index in [2.05, 4.69) is 10.5 Å². The van der Waals surface area contributed by atoms with Gasteiger partial charge in [-0.15, -0.1) is 0 Å². The van der Waals surface area contributed by atoms with Crippen molar-refractivity contribution in [3.63, 3.8) is 0 Å². The van der Waals surface area contributed by atoms with Gasteiger partial charge in [0.15, 0.2) is 0 Å². The standard InChI is InChI=1S/C12H18N2O4/c1-4-17-11(15)9-6-8(3)7-10(14-13-9)12(16)18-5-2/h6,8,13H,4-5,7H2,1-3H3. The van der Waals surface area contributed by atoms with Crippen molar-refractivity contribution in [1.29, 1.82) is 0 Å². The number of hydrogen-bond acceptors (Lipinski definition) is 6. The van der Waals surface area contributed by atoms with Crippen LogP contribution in [0.25, 0.3) is 0 Å². The summed E-state index contributed by atoms with van der Waals surface area (Å²) in [6, 6.07) is 0. The van der Waals surface area contributed by atoms with Gasteiger partial charge < -0.3 is 9.47 Å². The minimum absolute atomic E-state index is 0.00237. The Bertz CT molecular complexity index is 388. The van der Waals surface area contributed by atoms with Gasteiger partial charge >= 0.3 is 11.9 Å². The molecule has 0 bridgehead atoms. The Kier molecular flexibility index (Phi) is 5.35. The van der Waals surface area contributed by atoms with E-state index in [0.717, 1.165) is 0 Å². The Balaban J connectivity index is 2.77. The predicted molar refractivity (Wildman–Crippen MR) is 65.7 cm³/mol. The summed E-state index contributed by atoms with van der Waals surface area (Å²) < 4.78 is 9.75. The van der Waals surface area contributed by atoms with E-state index in [4.69, 9.17) is 9.47 Å². The summed E-state index contributed by atoms with van der Waals surface area (Å²) in [7, 11) is 0. The highest BCUT2D eigenvalue weighted by atomic mass is 16.5. The van der Waals surface area contributed by atoms with Gasteiger partial charge in [-0.1, -0.05) is 6.92 Å². The molecule has 6 heteroatoms. The molecule has 0 aromatic rings. The molecule has 6 nitrogen and oxygen atoms in total. The third-order valence-corrected chi connectivity index (χ3v) is 2.28. The van der Waals surface area contributed by atoms with Crippen molar-refractivity contribution in [2.24, 2.45) is 11.0 Å². The first-order valence-electron chi connectivity index (χ1n) is 5.97. The van der Waals surface area contributed by atoms with Crippen molar-refractivity contribution in [3.05, 3.63) is 11.8 Å². The summed E-state index contributed by atoms with van der Waals surface area (Å²) in [6.07, 6.45) is 2.13. The van der Waals surface area contributed by atoms with E-state index in [1.807, 2.05) is 6.92 Å². The molecule has 1 rings (SSSR count). The molecule has 0 aromatic heterocycles. The van der Waals surface area contributed by atoms with Crippen LogP contribution in [0.5, 0.6) is 0 Å². The summed E-state index contributed by atoms with van der Waals surface area (Å²) >= 11 is 0. The van der Waals surface area contributed by atoms with E-state index < -0.39 is 11.9 Å². The van der Waals surface area contributed by atoms with Gasteiger partial charge in [0.2, 0.25) is 0 Å². The van der Waals surface area contributed by atoms with Crippen LogP contribution in [-0.4, -0.2) is 30.9 Å². The minimum Gasteiger partial charge on any atom is -0.461 e. The summed E-state index contributed by atoms with van der Waals surface area (Å²) in [4.78, 5) is 23.1. The average molecular weight is 254 g/mol. The van der Waals surface area contributed by atoms with Crippen LogP contribution in [0.1, 0.15) is 27.2 Å². The molecular weight excluding hydrogens is 236 g/mol. The predicted octanol–water partition coefficient (Wildman–Crippen LogP) is 0.982. The summed E-state index contributed by atoms with van der Waals surface area (Å²) in [6.45, 7) is 5.94. The van der Waals surface area contributed by atoms with E-state index in [9.17, 15) is 9.59 Å². The van der Waals surface area contributed by atoms with E-state index >= 15 is 0 Å². The van der Waals surface area contributed by atoms with Crippen molar-refractivity contribution in [3.8, 4) is 0 Å². The van der Waals surface area contributed by atoms with Gasteiger partial charge in [-0.2, -0.15) is 5.10 Å². The van der Waals surface area contributed by atoms with E-state index in [-0.39, 0.29) is 17.3 Å². The van der Waals surface area contributed by atoms with Gasteiger partial charge in [0.25, 0.3) is 0 Å². The molecule has 1 atom stereocenters. The second kappa shape index (κ2) is 6.78. The fraction of sp³-hybridized carbons (Fsp3) is 0.583. The number of esters is 2. The zero-order valence-corrected chi connectivity index (χ0v) is 10.9. The van der Waals surface area contributed by atoms with E-state index in [1.54, 1.807) is 19.9 Å². The lowest BCUT2D eigenvalue weighted by Crippen LogP contribution is -2.22. The lowest BCUT2D eigenvalue weighted by molar-refractivity contribution is -0.139. The maximum Gasteiger partial charge on any atom is 0.355 e. The number of rotatable bonds is 4. The maximum absolute atomic E-state index is 11.6. The SMILES string of the molecule is CCOC(=O)C1=CC(C)CC(C(=O)OCC)=NN1. The fourth-order valence-electron chi connectivity index (χ4n) is 1.52. The monoisotopic (exact) mass is 254 g/mol. The average Bonchev–Trinajstić information content (AvgIpc) is 2.52. The van der Waals surface area contributed by atoms with Gasteiger partial charge in [0.05, 0.1) is 13.2 Å². The van der Waals surface area contributed by atoms with Gasteiger partial charge in [-0.3, -0.25) is 5.43 Å². The molecule has 0 aromatic carbocycles. The molecule has 0 fully saturated rings. The molecule has 100 valence electrons. The van der Waals surface area contributed by atoms with Crippen molar-refractivity contribution in [2.45, 2.75) is 27.2 Å². The Morgan fingerprint density at radius 2 is 1.94 bits per heavy atom. The summed E-state index contributed by atoms with van der Waals surface area (Å²) in [5.74, 6) is -0.934. The highest BCUT2D eigenvalue weighted by molar-refractivity contribution is 6.36. The lowest BCUT2D eigenvalue weighted by Gasteiger charge is -2.05. The van der Waals surface area contributed by atoms with Gasteiger partial charge in [0, 0.05) is 6.42 Å². The van der Waals surface area contributed by atoms with Crippen molar-refractivity contribution in [1.82, 2.24) is 5.43 Å². The van der Waals surface area contributed by atoms with Crippen molar-refractivity contribution in [2.75, 3.05) is 13.2 Å². The first-order valence-corrected chi connectivity index (χ1v) is 5.97. The zero-order valence-electron chi connectivity index (χ0n) is 10.9. The highest BCUT2D eigenvalue weighted by Crippen LogP contribution is 2.13. The number of nitrogens with zero attached hydrogens (tertiary/aromatic N) is 1. The third kappa shape index (κ3) is 3.87. The van der Waals surface area contributed by atoms with Crippen LogP contribution in [0.15, 0.2) is 16.9 Å². The zero-order chi connectivity index (χ0) is 13.5. The molecule has 0 saturated carbocycles. The molecule has 1 heterocycles.